The first-order valence-corrected chi connectivity index (χ1v) is 6.50. The maximum absolute atomic E-state index is 10.9. The van der Waals surface area contributed by atoms with Crippen LogP contribution < -0.4 is 4.74 Å². The van der Waals surface area contributed by atoms with Crippen molar-refractivity contribution in [1.29, 1.82) is 0 Å². The molecule has 0 N–H and O–H groups in total. The maximum atomic E-state index is 10.9. The van der Waals surface area contributed by atoms with Crippen molar-refractivity contribution in [2.75, 3.05) is 0 Å². The molecule has 1 unspecified atom stereocenters. The summed E-state index contributed by atoms with van der Waals surface area (Å²) >= 11 is 0. The van der Waals surface area contributed by atoms with Gasteiger partial charge in [-0.15, -0.1) is 0 Å². The average molecular weight is 248 g/mol. The second kappa shape index (κ2) is 5.55. The lowest BCUT2D eigenvalue weighted by Crippen LogP contribution is -2.23. The highest BCUT2D eigenvalue weighted by molar-refractivity contribution is 5.69. The van der Waals surface area contributed by atoms with Gasteiger partial charge in [0.2, 0.25) is 0 Å². The summed E-state index contributed by atoms with van der Waals surface area (Å²) in [7, 11) is 0. The van der Waals surface area contributed by atoms with Crippen LogP contribution in [-0.2, 0) is 4.79 Å². The Morgan fingerprint density at radius 1 is 1.11 bits per heavy atom. The van der Waals surface area contributed by atoms with Crippen LogP contribution in [0.3, 0.4) is 0 Å². The molecule has 0 aliphatic carbocycles. The molecule has 0 amide bonds. The molecule has 0 aromatic heterocycles. The van der Waals surface area contributed by atoms with Gasteiger partial charge in [0.25, 0.3) is 0 Å². The van der Waals surface area contributed by atoms with Crippen LogP contribution >= 0.6 is 0 Å². The topological polar surface area (TPSA) is 26.3 Å². The Kier molecular flexibility index (Phi) is 4.55. The van der Waals surface area contributed by atoms with Gasteiger partial charge < -0.3 is 4.74 Å². The highest BCUT2D eigenvalue weighted by atomic mass is 16.5. The minimum Gasteiger partial charge on any atom is -0.427 e. The van der Waals surface area contributed by atoms with Crippen LogP contribution in [0.15, 0.2) is 24.3 Å². The summed E-state index contributed by atoms with van der Waals surface area (Å²) in [6, 6.07) is 7.87. The molecule has 0 spiro atoms. The molecule has 18 heavy (non-hydrogen) atoms. The van der Waals surface area contributed by atoms with Crippen LogP contribution in [0, 0.1) is 11.3 Å². The first-order valence-electron chi connectivity index (χ1n) is 6.50. The number of ether oxygens (including phenoxy) is 1. The Labute approximate surface area is 110 Å². The molecule has 0 bridgehead atoms. The molecule has 0 aliphatic heterocycles. The normalized spacial score (nSPS) is 13.5. The second-order valence-corrected chi connectivity index (χ2v) is 6.25. The quantitative estimate of drug-likeness (QED) is 0.585. The van der Waals surface area contributed by atoms with Crippen molar-refractivity contribution in [3.63, 3.8) is 0 Å². The standard InChI is InChI=1S/C16H24O2/c1-11(2)15(16(4,5)6)13-7-9-14(10-8-13)18-12(3)17/h7-11,15H,1-6H3. The molecular formula is C16H24O2. The van der Waals surface area contributed by atoms with Gasteiger partial charge in [-0.05, 0) is 34.9 Å². The van der Waals surface area contributed by atoms with Gasteiger partial charge in [-0.25, -0.2) is 0 Å². The minimum atomic E-state index is -0.279. The van der Waals surface area contributed by atoms with E-state index in [4.69, 9.17) is 4.74 Å². The van der Waals surface area contributed by atoms with Gasteiger partial charge in [-0.1, -0.05) is 46.8 Å². The number of rotatable bonds is 3. The van der Waals surface area contributed by atoms with Crippen LogP contribution in [0.1, 0.15) is 53.0 Å². The highest BCUT2D eigenvalue weighted by Gasteiger charge is 2.28. The zero-order valence-corrected chi connectivity index (χ0v) is 12.3. The smallest absolute Gasteiger partial charge is 0.308 e. The lowest BCUT2D eigenvalue weighted by atomic mass is 9.70. The summed E-state index contributed by atoms with van der Waals surface area (Å²) < 4.78 is 5.06. The first-order chi connectivity index (χ1) is 8.21. The van der Waals surface area contributed by atoms with Gasteiger partial charge in [-0.3, -0.25) is 4.79 Å². The number of benzene rings is 1. The average Bonchev–Trinajstić information content (AvgIpc) is 2.17. The SMILES string of the molecule is CC(=O)Oc1ccc(C(C(C)C)C(C)(C)C)cc1. The second-order valence-electron chi connectivity index (χ2n) is 6.25. The molecule has 0 heterocycles. The van der Waals surface area contributed by atoms with Gasteiger partial charge in [0.1, 0.15) is 5.75 Å². The van der Waals surface area contributed by atoms with Gasteiger partial charge in [0, 0.05) is 6.92 Å². The molecule has 0 saturated carbocycles. The van der Waals surface area contributed by atoms with Crippen LogP contribution in [0.5, 0.6) is 5.75 Å². The molecule has 1 rings (SSSR count). The van der Waals surface area contributed by atoms with E-state index in [2.05, 4.69) is 46.8 Å². The fraction of sp³-hybridized carbons (Fsp3) is 0.562. The summed E-state index contributed by atoms with van der Waals surface area (Å²) in [5.41, 5.74) is 1.52. The van der Waals surface area contributed by atoms with Crippen LogP contribution in [0.4, 0.5) is 0 Å². The third-order valence-electron chi connectivity index (χ3n) is 3.10. The van der Waals surface area contributed by atoms with E-state index < -0.39 is 0 Å². The van der Waals surface area contributed by atoms with Crippen LogP contribution in [0.2, 0.25) is 0 Å². The molecule has 100 valence electrons. The third kappa shape index (κ3) is 3.86. The van der Waals surface area contributed by atoms with E-state index >= 15 is 0 Å². The van der Waals surface area contributed by atoms with Gasteiger partial charge in [0.15, 0.2) is 0 Å². The number of hydrogen-bond acceptors (Lipinski definition) is 2. The van der Waals surface area contributed by atoms with Crippen molar-refractivity contribution in [2.24, 2.45) is 11.3 Å². The first kappa shape index (κ1) is 14.7. The van der Waals surface area contributed by atoms with E-state index in [1.54, 1.807) is 0 Å². The number of esters is 1. The van der Waals surface area contributed by atoms with Crippen LogP contribution in [0.25, 0.3) is 0 Å². The number of hydrogen-bond donors (Lipinski definition) is 0. The molecule has 2 nitrogen and oxygen atoms in total. The zero-order chi connectivity index (χ0) is 13.9. The molecule has 1 aromatic rings. The molecule has 0 radical (unpaired) electrons. The lowest BCUT2D eigenvalue weighted by molar-refractivity contribution is -0.131. The Hall–Kier alpha value is -1.31. The van der Waals surface area contributed by atoms with Gasteiger partial charge in [0.05, 0.1) is 0 Å². The Morgan fingerprint density at radius 2 is 1.61 bits per heavy atom. The minimum absolute atomic E-state index is 0.219. The van der Waals surface area contributed by atoms with Crippen molar-refractivity contribution >= 4 is 5.97 Å². The van der Waals surface area contributed by atoms with Crippen LogP contribution in [-0.4, -0.2) is 5.97 Å². The van der Waals surface area contributed by atoms with Crippen molar-refractivity contribution in [1.82, 2.24) is 0 Å². The van der Waals surface area contributed by atoms with E-state index in [1.807, 2.05) is 12.1 Å². The van der Waals surface area contributed by atoms with E-state index in [9.17, 15) is 4.79 Å². The summed E-state index contributed by atoms with van der Waals surface area (Å²) in [5.74, 6) is 1.40. The maximum Gasteiger partial charge on any atom is 0.308 e. The Morgan fingerprint density at radius 3 is 1.94 bits per heavy atom. The fourth-order valence-corrected chi connectivity index (χ4v) is 2.79. The molecule has 1 atom stereocenters. The lowest BCUT2D eigenvalue weighted by Gasteiger charge is -2.34. The fourth-order valence-electron chi connectivity index (χ4n) is 2.79. The molecule has 2 heteroatoms. The van der Waals surface area contributed by atoms with Gasteiger partial charge in [-0.2, -0.15) is 0 Å². The summed E-state index contributed by atoms with van der Waals surface area (Å²) in [4.78, 5) is 10.9. The van der Waals surface area contributed by atoms with Crippen molar-refractivity contribution < 1.29 is 9.53 Å². The zero-order valence-electron chi connectivity index (χ0n) is 12.3. The molecule has 0 saturated heterocycles. The molecular weight excluding hydrogens is 224 g/mol. The summed E-state index contributed by atoms with van der Waals surface area (Å²) in [6.07, 6.45) is 0. The number of carbonyl (C=O) groups is 1. The molecule has 1 aromatic carbocycles. The van der Waals surface area contributed by atoms with E-state index in [1.165, 1.54) is 12.5 Å². The molecule has 0 fully saturated rings. The van der Waals surface area contributed by atoms with Crippen molar-refractivity contribution in [2.45, 2.75) is 47.5 Å². The summed E-state index contributed by atoms with van der Waals surface area (Å²) in [6.45, 7) is 12.7. The summed E-state index contributed by atoms with van der Waals surface area (Å²) in [5, 5.41) is 0. The highest BCUT2D eigenvalue weighted by Crippen LogP contribution is 2.40. The van der Waals surface area contributed by atoms with E-state index in [0.717, 1.165) is 0 Å². The van der Waals surface area contributed by atoms with Crippen molar-refractivity contribution in [3.05, 3.63) is 29.8 Å². The number of carbonyl (C=O) groups excluding carboxylic acids is 1. The Bertz CT molecular complexity index is 396. The molecule has 0 aliphatic rings. The third-order valence-corrected chi connectivity index (χ3v) is 3.10. The predicted octanol–water partition coefficient (Wildman–Crippen LogP) is 4.40. The van der Waals surface area contributed by atoms with Gasteiger partial charge >= 0.3 is 5.97 Å². The van der Waals surface area contributed by atoms with E-state index in [0.29, 0.717) is 17.6 Å². The monoisotopic (exact) mass is 248 g/mol. The van der Waals surface area contributed by atoms with E-state index in [-0.39, 0.29) is 11.4 Å². The largest absolute Gasteiger partial charge is 0.427 e. The predicted molar refractivity (Wildman–Crippen MR) is 74.8 cm³/mol. The van der Waals surface area contributed by atoms with Crippen molar-refractivity contribution in [3.8, 4) is 5.75 Å². The Balaban J connectivity index is 2.98.